The summed E-state index contributed by atoms with van der Waals surface area (Å²) in [5, 5.41) is 7.67. The number of halogens is 1. The number of aromatic nitrogens is 3. The van der Waals surface area contributed by atoms with E-state index in [1.165, 1.54) is 5.56 Å². The number of pyridine rings is 1. The Morgan fingerprint density at radius 2 is 2.29 bits per heavy atom. The van der Waals surface area contributed by atoms with E-state index in [2.05, 4.69) is 15.4 Å². The van der Waals surface area contributed by atoms with Gasteiger partial charge in [-0.25, -0.2) is 4.98 Å². The van der Waals surface area contributed by atoms with Crippen LogP contribution in [0.25, 0.3) is 0 Å². The van der Waals surface area contributed by atoms with Gasteiger partial charge in [-0.2, -0.15) is 5.10 Å². The van der Waals surface area contributed by atoms with Gasteiger partial charge < -0.3 is 11.1 Å². The Kier molecular flexibility index (Phi) is 3.49. The van der Waals surface area contributed by atoms with Crippen LogP contribution in [0.1, 0.15) is 5.56 Å². The van der Waals surface area contributed by atoms with Crippen LogP contribution in [0.15, 0.2) is 24.5 Å². The monoisotopic (exact) mass is 251 g/mol. The van der Waals surface area contributed by atoms with E-state index in [1.54, 1.807) is 16.8 Å². The molecule has 0 saturated carbocycles. The molecule has 0 aliphatic rings. The SMILES string of the molecule is Cn1cc(CCNc2cc(N)cc(Cl)n2)cn1. The molecule has 2 rings (SSSR count). The van der Waals surface area contributed by atoms with Gasteiger partial charge >= 0.3 is 0 Å². The maximum absolute atomic E-state index is 5.80. The Balaban J connectivity index is 1.89. The third-order valence-corrected chi connectivity index (χ3v) is 2.49. The molecule has 17 heavy (non-hydrogen) atoms. The summed E-state index contributed by atoms with van der Waals surface area (Å²) in [4.78, 5) is 4.12. The number of nitrogens with two attached hydrogens (primary N) is 1. The molecule has 0 unspecified atom stereocenters. The minimum atomic E-state index is 0.397. The molecule has 0 spiro atoms. The van der Waals surface area contributed by atoms with E-state index >= 15 is 0 Å². The smallest absolute Gasteiger partial charge is 0.133 e. The summed E-state index contributed by atoms with van der Waals surface area (Å²) in [5.41, 5.74) is 7.45. The Morgan fingerprint density at radius 3 is 2.94 bits per heavy atom. The molecule has 0 fully saturated rings. The Labute approximate surface area is 105 Å². The molecule has 0 atom stereocenters. The van der Waals surface area contributed by atoms with Gasteiger partial charge in [0.25, 0.3) is 0 Å². The van der Waals surface area contributed by atoms with Crippen molar-refractivity contribution in [1.82, 2.24) is 14.8 Å². The van der Waals surface area contributed by atoms with Crippen molar-refractivity contribution in [3.63, 3.8) is 0 Å². The van der Waals surface area contributed by atoms with Crippen LogP contribution in [0.3, 0.4) is 0 Å². The zero-order chi connectivity index (χ0) is 12.3. The molecule has 0 saturated heterocycles. The van der Waals surface area contributed by atoms with E-state index in [0.717, 1.165) is 13.0 Å². The average molecular weight is 252 g/mol. The number of anilines is 2. The lowest BCUT2D eigenvalue weighted by molar-refractivity contribution is 0.767. The second-order valence-corrected chi connectivity index (χ2v) is 4.19. The van der Waals surface area contributed by atoms with Crippen molar-refractivity contribution < 1.29 is 0 Å². The Bertz CT molecular complexity index is 488. The Morgan fingerprint density at radius 1 is 1.47 bits per heavy atom. The van der Waals surface area contributed by atoms with Crippen molar-refractivity contribution in [1.29, 1.82) is 0 Å². The summed E-state index contributed by atoms with van der Waals surface area (Å²) in [7, 11) is 1.90. The average Bonchev–Trinajstić information content (AvgIpc) is 2.63. The third kappa shape index (κ3) is 3.35. The number of rotatable bonds is 4. The molecular formula is C11H14ClN5. The number of nitrogens with zero attached hydrogens (tertiary/aromatic N) is 3. The molecule has 0 aliphatic carbocycles. The highest BCUT2D eigenvalue weighted by atomic mass is 35.5. The minimum Gasteiger partial charge on any atom is -0.399 e. The minimum absolute atomic E-state index is 0.397. The highest BCUT2D eigenvalue weighted by Gasteiger charge is 2.00. The molecular weight excluding hydrogens is 238 g/mol. The fourth-order valence-electron chi connectivity index (χ4n) is 1.54. The summed E-state index contributed by atoms with van der Waals surface area (Å²) in [6.07, 6.45) is 4.71. The molecule has 6 heteroatoms. The number of hydrogen-bond donors (Lipinski definition) is 2. The zero-order valence-corrected chi connectivity index (χ0v) is 10.3. The predicted octanol–water partition coefficient (Wildman–Crippen LogP) is 1.71. The summed E-state index contributed by atoms with van der Waals surface area (Å²) in [6.45, 7) is 0.762. The topological polar surface area (TPSA) is 68.8 Å². The normalized spacial score (nSPS) is 10.5. The number of nitrogens with one attached hydrogen (secondary N) is 1. The van der Waals surface area contributed by atoms with Gasteiger partial charge in [-0.15, -0.1) is 0 Å². The first-order valence-corrected chi connectivity index (χ1v) is 5.66. The quantitative estimate of drug-likeness (QED) is 0.812. The van der Waals surface area contributed by atoms with Gasteiger partial charge in [0.15, 0.2) is 0 Å². The van der Waals surface area contributed by atoms with Gasteiger partial charge in [0.2, 0.25) is 0 Å². The number of hydrogen-bond acceptors (Lipinski definition) is 4. The van der Waals surface area contributed by atoms with Crippen molar-refractivity contribution in [3.05, 3.63) is 35.2 Å². The zero-order valence-electron chi connectivity index (χ0n) is 9.52. The van der Waals surface area contributed by atoms with Crippen molar-refractivity contribution in [3.8, 4) is 0 Å². The van der Waals surface area contributed by atoms with Crippen LogP contribution in [0.2, 0.25) is 5.15 Å². The molecule has 0 radical (unpaired) electrons. The molecule has 2 aromatic rings. The molecule has 2 aromatic heterocycles. The van der Waals surface area contributed by atoms with Gasteiger partial charge in [0.05, 0.1) is 6.20 Å². The maximum atomic E-state index is 5.80. The van der Waals surface area contributed by atoms with Crippen LogP contribution in [0.4, 0.5) is 11.5 Å². The number of nitrogen functional groups attached to an aromatic ring is 1. The van der Waals surface area contributed by atoms with Gasteiger partial charge in [-0.1, -0.05) is 11.6 Å². The van der Waals surface area contributed by atoms with E-state index < -0.39 is 0 Å². The van der Waals surface area contributed by atoms with Crippen molar-refractivity contribution in [2.45, 2.75) is 6.42 Å². The second kappa shape index (κ2) is 5.05. The highest BCUT2D eigenvalue weighted by Crippen LogP contribution is 2.15. The third-order valence-electron chi connectivity index (χ3n) is 2.29. The van der Waals surface area contributed by atoms with Crippen molar-refractivity contribution in [2.24, 2.45) is 7.05 Å². The van der Waals surface area contributed by atoms with Gasteiger partial charge in [0.1, 0.15) is 11.0 Å². The maximum Gasteiger partial charge on any atom is 0.133 e. The molecule has 0 bridgehead atoms. The molecule has 3 N–H and O–H groups in total. The summed E-state index contributed by atoms with van der Waals surface area (Å²) < 4.78 is 1.78. The largest absolute Gasteiger partial charge is 0.399 e. The first-order valence-electron chi connectivity index (χ1n) is 5.28. The van der Waals surface area contributed by atoms with E-state index in [0.29, 0.717) is 16.7 Å². The highest BCUT2D eigenvalue weighted by molar-refractivity contribution is 6.29. The lowest BCUT2D eigenvalue weighted by Gasteiger charge is -2.05. The van der Waals surface area contributed by atoms with E-state index in [-0.39, 0.29) is 0 Å². The lowest BCUT2D eigenvalue weighted by atomic mass is 10.2. The molecule has 2 heterocycles. The molecule has 90 valence electrons. The van der Waals surface area contributed by atoms with Crippen molar-refractivity contribution >= 4 is 23.1 Å². The summed E-state index contributed by atoms with van der Waals surface area (Å²) >= 11 is 5.80. The van der Waals surface area contributed by atoms with Crippen LogP contribution >= 0.6 is 11.6 Å². The summed E-state index contributed by atoms with van der Waals surface area (Å²) in [5.74, 6) is 0.693. The van der Waals surface area contributed by atoms with Crippen LogP contribution < -0.4 is 11.1 Å². The van der Waals surface area contributed by atoms with Crippen molar-refractivity contribution in [2.75, 3.05) is 17.6 Å². The fourth-order valence-corrected chi connectivity index (χ4v) is 1.76. The van der Waals surface area contributed by atoms with Gasteiger partial charge in [-0.05, 0) is 18.1 Å². The first-order chi connectivity index (χ1) is 8.13. The molecule has 5 nitrogen and oxygen atoms in total. The van der Waals surface area contributed by atoms with Gasteiger partial charge in [-0.3, -0.25) is 4.68 Å². The fraction of sp³-hybridized carbons (Fsp3) is 0.273. The standard InChI is InChI=1S/C11H14ClN5/c1-17-7-8(6-15-17)2-3-14-11-5-9(13)4-10(12)16-11/h4-7H,2-3H2,1H3,(H3,13,14,16). The van der Waals surface area contributed by atoms with Gasteiger partial charge in [0, 0.05) is 31.5 Å². The molecule has 0 aliphatic heterocycles. The van der Waals surface area contributed by atoms with E-state index in [4.69, 9.17) is 17.3 Å². The molecule has 0 aromatic carbocycles. The molecule has 0 amide bonds. The van der Waals surface area contributed by atoms with Crippen LogP contribution in [-0.4, -0.2) is 21.3 Å². The first kappa shape index (κ1) is 11.7. The number of aryl methyl sites for hydroxylation is 1. The van der Waals surface area contributed by atoms with Crippen LogP contribution in [-0.2, 0) is 13.5 Å². The second-order valence-electron chi connectivity index (χ2n) is 3.81. The van der Waals surface area contributed by atoms with E-state index in [9.17, 15) is 0 Å². The predicted molar refractivity (Wildman–Crippen MR) is 69.1 cm³/mol. The van der Waals surface area contributed by atoms with Crippen LogP contribution in [0.5, 0.6) is 0 Å². The summed E-state index contributed by atoms with van der Waals surface area (Å²) in [6, 6.07) is 3.38. The lowest BCUT2D eigenvalue weighted by Crippen LogP contribution is -2.06. The van der Waals surface area contributed by atoms with E-state index in [1.807, 2.05) is 19.4 Å². The Hall–Kier alpha value is -1.75. The van der Waals surface area contributed by atoms with Crippen LogP contribution in [0, 0.1) is 0 Å².